The number of pyridine rings is 2. The van der Waals surface area contributed by atoms with Crippen molar-refractivity contribution in [2.45, 2.75) is 0 Å². The fourth-order valence-corrected chi connectivity index (χ4v) is 6.66. The Bertz CT molecular complexity index is 2430. The molecule has 0 saturated heterocycles. The van der Waals surface area contributed by atoms with Crippen molar-refractivity contribution < 1.29 is 0 Å². The van der Waals surface area contributed by atoms with E-state index in [-0.39, 0.29) is 0 Å². The van der Waals surface area contributed by atoms with Crippen molar-refractivity contribution >= 4 is 59.9 Å². The average Bonchev–Trinajstić information content (AvgIpc) is 3.58. The van der Waals surface area contributed by atoms with Crippen molar-refractivity contribution in [3.05, 3.63) is 140 Å². The zero-order valence-electron chi connectivity index (χ0n) is 21.6. The van der Waals surface area contributed by atoms with Gasteiger partial charge in [0.2, 0.25) is 0 Å². The van der Waals surface area contributed by atoms with E-state index in [1.807, 2.05) is 18.5 Å². The molecule has 0 saturated carbocycles. The summed E-state index contributed by atoms with van der Waals surface area (Å²) >= 11 is 0. The largest absolute Gasteiger partial charge is 0.309 e. The molecule has 0 atom stereocenters. The molecule has 0 unspecified atom stereocenters. The van der Waals surface area contributed by atoms with Gasteiger partial charge in [-0.1, -0.05) is 84.9 Å². The smallest absolute Gasteiger partial charge is 0.0641 e. The third kappa shape index (κ3) is 2.86. The third-order valence-electron chi connectivity index (χ3n) is 8.34. The topological polar surface area (TPSA) is 22.2 Å². The Morgan fingerprint density at radius 1 is 0.475 bits per heavy atom. The van der Waals surface area contributed by atoms with E-state index in [0.717, 1.165) is 16.8 Å². The van der Waals surface area contributed by atoms with Crippen LogP contribution in [0.3, 0.4) is 0 Å². The quantitative estimate of drug-likeness (QED) is 0.213. The first-order valence-electron chi connectivity index (χ1n) is 13.6. The normalized spacial score (nSPS) is 12.0. The molecule has 0 aliphatic carbocycles. The molecule has 0 aliphatic heterocycles. The number of rotatable bonds is 2. The summed E-state index contributed by atoms with van der Waals surface area (Å²) in [6, 6.07) is 46.2. The van der Waals surface area contributed by atoms with Gasteiger partial charge >= 0.3 is 0 Å². The van der Waals surface area contributed by atoms with Crippen molar-refractivity contribution in [2.75, 3.05) is 0 Å². The second-order valence-electron chi connectivity index (χ2n) is 10.5. The van der Waals surface area contributed by atoms with Gasteiger partial charge in [0, 0.05) is 50.6 Å². The van der Waals surface area contributed by atoms with Crippen molar-refractivity contribution in [1.82, 2.24) is 14.0 Å². The molecule has 3 nitrogen and oxygen atoms in total. The molecule has 4 aromatic heterocycles. The van der Waals surface area contributed by atoms with E-state index in [1.54, 1.807) is 0 Å². The molecule has 0 radical (unpaired) electrons. The van der Waals surface area contributed by atoms with E-state index in [1.165, 1.54) is 59.9 Å². The van der Waals surface area contributed by atoms with E-state index in [9.17, 15) is 0 Å². The Morgan fingerprint density at radius 3 is 2.12 bits per heavy atom. The zero-order chi connectivity index (χ0) is 26.2. The van der Waals surface area contributed by atoms with Crippen LogP contribution in [0.15, 0.2) is 140 Å². The van der Waals surface area contributed by atoms with Gasteiger partial charge in [0.1, 0.15) is 0 Å². The molecule has 0 fully saturated rings. The molecule has 186 valence electrons. The minimum Gasteiger partial charge on any atom is -0.309 e. The Morgan fingerprint density at radius 2 is 1.25 bits per heavy atom. The SMILES string of the molecule is c1cncc(-c2cccc(-n3c4ccccc4c4c3ccc3c5ccccc5c5cc6ccccc6n5c34)c2)c1. The van der Waals surface area contributed by atoms with E-state index < -0.39 is 0 Å². The maximum absolute atomic E-state index is 4.35. The van der Waals surface area contributed by atoms with Gasteiger partial charge in [-0.2, -0.15) is 0 Å². The second kappa shape index (κ2) is 8.05. The van der Waals surface area contributed by atoms with Crippen LogP contribution < -0.4 is 0 Å². The second-order valence-corrected chi connectivity index (χ2v) is 10.5. The number of aromatic nitrogens is 3. The van der Waals surface area contributed by atoms with E-state index in [2.05, 4.69) is 135 Å². The first kappa shape index (κ1) is 21.5. The summed E-state index contributed by atoms with van der Waals surface area (Å²) in [6.45, 7) is 0. The van der Waals surface area contributed by atoms with Gasteiger partial charge in [-0.05, 0) is 53.4 Å². The number of benzene rings is 5. The molecule has 0 aliphatic rings. The zero-order valence-corrected chi connectivity index (χ0v) is 21.6. The minimum absolute atomic E-state index is 1.11. The van der Waals surface area contributed by atoms with Gasteiger partial charge in [0.05, 0.1) is 27.6 Å². The summed E-state index contributed by atoms with van der Waals surface area (Å²) < 4.78 is 4.90. The van der Waals surface area contributed by atoms with Gasteiger partial charge in [-0.25, -0.2) is 0 Å². The highest BCUT2D eigenvalue weighted by Gasteiger charge is 2.20. The monoisotopic (exact) mass is 509 g/mol. The summed E-state index contributed by atoms with van der Waals surface area (Å²) in [5.41, 5.74) is 9.54. The van der Waals surface area contributed by atoms with Crippen LogP contribution in [-0.2, 0) is 0 Å². The first-order valence-corrected chi connectivity index (χ1v) is 13.6. The lowest BCUT2D eigenvalue weighted by Gasteiger charge is -2.13. The fraction of sp³-hybridized carbons (Fsp3) is 0. The minimum atomic E-state index is 1.11. The van der Waals surface area contributed by atoms with E-state index >= 15 is 0 Å². The maximum Gasteiger partial charge on any atom is 0.0641 e. The van der Waals surface area contributed by atoms with Crippen LogP contribution in [0.1, 0.15) is 0 Å². The molecule has 0 N–H and O–H groups in total. The lowest BCUT2D eigenvalue weighted by Crippen LogP contribution is -1.95. The summed E-state index contributed by atoms with van der Waals surface area (Å²) in [6.07, 6.45) is 3.75. The van der Waals surface area contributed by atoms with Crippen LogP contribution >= 0.6 is 0 Å². The van der Waals surface area contributed by atoms with E-state index in [0.29, 0.717) is 0 Å². The lowest BCUT2D eigenvalue weighted by atomic mass is 10.0. The highest BCUT2D eigenvalue weighted by Crippen LogP contribution is 2.42. The van der Waals surface area contributed by atoms with Gasteiger partial charge in [-0.3, -0.25) is 4.98 Å². The highest BCUT2D eigenvalue weighted by atomic mass is 15.0. The number of nitrogens with zero attached hydrogens (tertiary/aromatic N) is 3. The van der Waals surface area contributed by atoms with Crippen LogP contribution in [0.25, 0.3) is 76.7 Å². The van der Waals surface area contributed by atoms with E-state index in [4.69, 9.17) is 0 Å². The Hall–Kier alpha value is -5.41. The molecule has 0 amide bonds. The standard InChI is InChI=1S/C37H23N3/c1-5-16-32-25(9-1)22-35-29-14-3-2-13-28(29)30-18-19-34-36(37(30)40(32)35)31-15-4-6-17-33(31)39(34)27-12-7-10-24(21-27)26-11-8-20-38-23-26/h1-23H. The van der Waals surface area contributed by atoms with Crippen molar-refractivity contribution in [3.8, 4) is 16.8 Å². The summed E-state index contributed by atoms with van der Waals surface area (Å²) in [5, 5.41) is 7.61. The summed E-state index contributed by atoms with van der Waals surface area (Å²) in [4.78, 5) is 4.35. The molecule has 40 heavy (non-hydrogen) atoms. The van der Waals surface area contributed by atoms with Crippen molar-refractivity contribution in [3.63, 3.8) is 0 Å². The predicted octanol–water partition coefficient (Wildman–Crippen LogP) is 9.56. The first-order chi connectivity index (χ1) is 19.9. The maximum atomic E-state index is 4.35. The van der Waals surface area contributed by atoms with Gasteiger partial charge in [-0.15, -0.1) is 0 Å². The third-order valence-corrected chi connectivity index (χ3v) is 8.34. The van der Waals surface area contributed by atoms with Crippen LogP contribution in [0.2, 0.25) is 0 Å². The Balaban J connectivity index is 1.50. The summed E-state index contributed by atoms with van der Waals surface area (Å²) in [5.74, 6) is 0. The van der Waals surface area contributed by atoms with Crippen molar-refractivity contribution in [2.24, 2.45) is 0 Å². The molecule has 4 heterocycles. The van der Waals surface area contributed by atoms with Gasteiger partial charge < -0.3 is 8.97 Å². The number of hydrogen-bond acceptors (Lipinski definition) is 1. The molecule has 5 aromatic carbocycles. The molecular formula is C37H23N3. The number of hydrogen-bond donors (Lipinski definition) is 0. The average molecular weight is 510 g/mol. The Kier molecular flexibility index (Phi) is 4.33. The van der Waals surface area contributed by atoms with Gasteiger partial charge in [0.25, 0.3) is 0 Å². The number of para-hydroxylation sites is 2. The number of fused-ring (bicyclic) bond motifs is 12. The fourth-order valence-electron chi connectivity index (χ4n) is 6.66. The molecule has 9 rings (SSSR count). The van der Waals surface area contributed by atoms with Crippen LogP contribution in [0.4, 0.5) is 0 Å². The molecule has 0 bridgehead atoms. The molecular weight excluding hydrogens is 486 g/mol. The van der Waals surface area contributed by atoms with Crippen molar-refractivity contribution in [1.29, 1.82) is 0 Å². The van der Waals surface area contributed by atoms with Crippen LogP contribution in [0, 0.1) is 0 Å². The van der Waals surface area contributed by atoms with Crippen LogP contribution in [-0.4, -0.2) is 14.0 Å². The Labute approximate surface area is 230 Å². The highest BCUT2D eigenvalue weighted by molar-refractivity contribution is 6.27. The lowest BCUT2D eigenvalue weighted by molar-refractivity contribution is 1.18. The van der Waals surface area contributed by atoms with Gasteiger partial charge in [0.15, 0.2) is 0 Å². The predicted molar refractivity (Wildman–Crippen MR) is 167 cm³/mol. The molecule has 9 aromatic rings. The molecule has 0 spiro atoms. The summed E-state index contributed by atoms with van der Waals surface area (Å²) in [7, 11) is 0. The molecule has 3 heteroatoms. The van der Waals surface area contributed by atoms with Crippen LogP contribution in [0.5, 0.6) is 0 Å².